The number of anilines is 2. The van der Waals surface area contributed by atoms with Gasteiger partial charge in [-0.3, -0.25) is 14.8 Å². The van der Waals surface area contributed by atoms with Crippen LogP contribution in [0.15, 0.2) is 84.6 Å². The second-order valence-electron chi connectivity index (χ2n) is 7.47. The van der Waals surface area contributed by atoms with E-state index in [1.165, 1.54) is 0 Å². The Bertz CT molecular complexity index is 1320. The fraction of sp³-hybridized carbons (Fsp3) is 0.125. The number of rotatable bonds is 5. The molecule has 4 aromatic rings. The van der Waals surface area contributed by atoms with Gasteiger partial charge >= 0.3 is 0 Å². The van der Waals surface area contributed by atoms with Crippen molar-refractivity contribution in [3.8, 4) is 17.1 Å². The van der Waals surface area contributed by atoms with Crippen molar-refractivity contribution in [3.05, 3.63) is 90.2 Å². The third-order valence-corrected chi connectivity index (χ3v) is 5.39. The van der Waals surface area contributed by atoms with Crippen molar-refractivity contribution in [1.82, 2.24) is 24.7 Å². The number of aromatic nitrogens is 5. The molecule has 4 heterocycles. The highest BCUT2D eigenvalue weighted by atomic mass is 16.5. The molecule has 0 bridgehead atoms. The summed E-state index contributed by atoms with van der Waals surface area (Å²) < 4.78 is 7.05. The van der Waals surface area contributed by atoms with E-state index in [9.17, 15) is 4.79 Å². The Morgan fingerprint density at radius 3 is 2.55 bits per heavy atom. The lowest BCUT2D eigenvalue weighted by Gasteiger charge is -2.28. The van der Waals surface area contributed by atoms with Crippen LogP contribution in [-0.2, 0) is 4.79 Å². The van der Waals surface area contributed by atoms with Crippen molar-refractivity contribution in [1.29, 1.82) is 0 Å². The van der Waals surface area contributed by atoms with Crippen LogP contribution in [0, 0.1) is 0 Å². The fourth-order valence-corrected chi connectivity index (χ4v) is 3.80. The quantitative estimate of drug-likeness (QED) is 0.489. The highest BCUT2D eigenvalue weighted by Gasteiger charge is 2.34. The van der Waals surface area contributed by atoms with Gasteiger partial charge in [-0.2, -0.15) is 4.98 Å². The molecule has 33 heavy (non-hydrogen) atoms. The molecule has 0 saturated heterocycles. The van der Waals surface area contributed by atoms with Gasteiger partial charge in [-0.1, -0.05) is 12.1 Å². The van der Waals surface area contributed by atoms with E-state index < -0.39 is 6.04 Å². The molecule has 0 fully saturated rings. The maximum Gasteiger partial charge on any atom is 0.255 e. The Labute approximate surface area is 190 Å². The minimum Gasteiger partial charge on any atom is -0.497 e. The normalized spacial score (nSPS) is 14.9. The molecule has 2 N–H and O–H groups in total. The smallest absolute Gasteiger partial charge is 0.255 e. The van der Waals surface area contributed by atoms with Crippen LogP contribution in [0.25, 0.3) is 11.4 Å². The van der Waals surface area contributed by atoms with Crippen LogP contribution >= 0.6 is 0 Å². The Morgan fingerprint density at radius 1 is 1.06 bits per heavy atom. The SMILES string of the molecule is COc1ccc(C2C(C(=O)Nc3cccnc3)=C(C)Nc3nc(-c4ccncc4)nn32)cc1. The summed E-state index contributed by atoms with van der Waals surface area (Å²) in [5.41, 5.74) is 3.54. The van der Waals surface area contributed by atoms with Crippen LogP contribution in [0.3, 0.4) is 0 Å². The number of ether oxygens (including phenoxy) is 1. The van der Waals surface area contributed by atoms with Crippen molar-refractivity contribution < 1.29 is 9.53 Å². The van der Waals surface area contributed by atoms with E-state index in [0.29, 0.717) is 28.7 Å². The predicted molar refractivity (Wildman–Crippen MR) is 124 cm³/mol. The molecule has 1 aliphatic rings. The number of carbonyl (C=O) groups excluding carboxylic acids is 1. The molecule has 0 saturated carbocycles. The van der Waals surface area contributed by atoms with E-state index in [0.717, 1.165) is 16.9 Å². The maximum atomic E-state index is 13.4. The monoisotopic (exact) mass is 439 g/mol. The summed E-state index contributed by atoms with van der Waals surface area (Å²) in [5, 5.41) is 10.9. The van der Waals surface area contributed by atoms with Gasteiger partial charge in [0.15, 0.2) is 5.82 Å². The highest BCUT2D eigenvalue weighted by molar-refractivity contribution is 6.05. The molecule has 3 aromatic heterocycles. The number of allylic oxidation sites excluding steroid dienone is 1. The zero-order valence-electron chi connectivity index (χ0n) is 18.1. The third-order valence-electron chi connectivity index (χ3n) is 5.39. The lowest BCUT2D eigenvalue weighted by molar-refractivity contribution is -0.113. The minimum atomic E-state index is -0.494. The number of hydrogen-bond acceptors (Lipinski definition) is 7. The first-order chi connectivity index (χ1) is 16.1. The minimum absolute atomic E-state index is 0.250. The molecular weight excluding hydrogens is 418 g/mol. The Hall–Kier alpha value is -4.53. The molecule has 1 aliphatic heterocycles. The highest BCUT2D eigenvalue weighted by Crippen LogP contribution is 2.37. The van der Waals surface area contributed by atoms with Gasteiger partial charge in [-0.15, -0.1) is 5.10 Å². The van der Waals surface area contributed by atoms with Crippen molar-refractivity contribution in [2.75, 3.05) is 17.7 Å². The van der Waals surface area contributed by atoms with Crippen LogP contribution in [0.5, 0.6) is 5.75 Å². The number of nitrogens with zero attached hydrogens (tertiary/aromatic N) is 5. The molecule has 0 aliphatic carbocycles. The number of carbonyl (C=O) groups is 1. The molecule has 9 nitrogen and oxygen atoms in total. The van der Waals surface area contributed by atoms with Crippen LogP contribution in [0.1, 0.15) is 18.5 Å². The van der Waals surface area contributed by atoms with Crippen LogP contribution in [0.4, 0.5) is 11.6 Å². The summed E-state index contributed by atoms with van der Waals surface area (Å²) >= 11 is 0. The number of pyridine rings is 2. The van der Waals surface area contributed by atoms with E-state index >= 15 is 0 Å². The van der Waals surface area contributed by atoms with Gasteiger partial charge in [0.25, 0.3) is 5.91 Å². The fourth-order valence-electron chi connectivity index (χ4n) is 3.80. The van der Waals surface area contributed by atoms with E-state index in [1.807, 2.05) is 43.3 Å². The van der Waals surface area contributed by atoms with Gasteiger partial charge in [0, 0.05) is 29.9 Å². The molecular formula is C24H21N7O2. The van der Waals surface area contributed by atoms with Crippen molar-refractivity contribution >= 4 is 17.5 Å². The van der Waals surface area contributed by atoms with Gasteiger partial charge in [-0.05, 0) is 48.9 Å². The summed E-state index contributed by atoms with van der Waals surface area (Å²) in [4.78, 5) is 26.3. The molecule has 9 heteroatoms. The van der Waals surface area contributed by atoms with Gasteiger partial charge < -0.3 is 15.4 Å². The number of benzene rings is 1. The Kier molecular flexibility index (Phi) is 5.27. The summed E-state index contributed by atoms with van der Waals surface area (Å²) in [6.07, 6.45) is 6.65. The van der Waals surface area contributed by atoms with Crippen LogP contribution in [-0.4, -0.2) is 37.7 Å². The van der Waals surface area contributed by atoms with Gasteiger partial charge in [0.1, 0.15) is 11.8 Å². The third kappa shape index (κ3) is 3.91. The molecule has 5 rings (SSSR count). The Balaban J connectivity index is 1.60. The molecule has 0 spiro atoms. The predicted octanol–water partition coefficient (Wildman–Crippen LogP) is 3.67. The second kappa shape index (κ2) is 8.54. The lowest BCUT2D eigenvalue weighted by Crippen LogP contribution is -2.31. The average molecular weight is 439 g/mol. The summed E-state index contributed by atoms with van der Waals surface area (Å²) in [6, 6.07) is 14.4. The van der Waals surface area contributed by atoms with E-state index in [1.54, 1.807) is 48.7 Å². The topological polar surface area (TPSA) is 107 Å². The van der Waals surface area contributed by atoms with Gasteiger partial charge in [-0.25, -0.2) is 4.68 Å². The van der Waals surface area contributed by atoms with E-state index in [4.69, 9.17) is 9.84 Å². The van der Waals surface area contributed by atoms with Crippen molar-refractivity contribution in [3.63, 3.8) is 0 Å². The summed E-state index contributed by atoms with van der Waals surface area (Å²) in [5.74, 6) is 1.57. The van der Waals surface area contributed by atoms with Gasteiger partial charge in [0.05, 0.1) is 24.6 Å². The number of hydrogen-bond donors (Lipinski definition) is 2. The summed E-state index contributed by atoms with van der Waals surface area (Å²) in [6.45, 7) is 1.86. The number of methoxy groups -OCH3 is 1. The average Bonchev–Trinajstić information content (AvgIpc) is 3.28. The molecule has 1 amide bonds. The zero-order chi connectivity index (χ0) is 22.8. The van der Waals surface area contributed by atoms with Crippen molar-refractivity contribution in [2.24, 2.45) is 0 Å². The first-order valence-electron chi connectivity index (χ1n) is 10.3. The molecule has 1 unspecified atom stereocenters. The number of amides is 1. The first-order valence-corrected chi connectivity index (χ1v) is 10.3. The maximum absolute atomic E-state index is 13.4. The summed E-state index contributed by atoms with van der Waals surface area (Å²) in [7, 11) is 1.62. The largest absolute Gasteiger partial charge is 0.497 e. The molecule has 164 valence electrons. The molecule has 1 atom stereocenters. The number of nitrogens with one attached hydrogen (secondary N) is 2. The van der Waals surface area contributed by atoms with Crippen LogP contribution in [0.2, 0.25) is 0 Å². The Morgan fingerprint density at radius 2 is 1.85 bits per heavy atom. The lowest BCUT2D eigenvalue weighted by atomic mass is 9.95. The molecule has 0 radical (unpaired) electrons. The van der Waals surface area contributed by atoms with Crippen LogP contribution < -0.4 is 15.4 Å². The first kappa shape index (κ1) is 20.4. The standard InChI is InChI=1S/C24H21N7O2/c1-15-20(23(32)28-18-4-3-11-26-14-18)21(16-5-7-19(33-2)8-6-16)31-24(27-15)29-22(30-31)17-9-12-25-13-10-17/h3-14,21H,1-2H3,(H,28,32)(H,27,29,30). The van der Waals surface area contributed by atoms with E-state index in [-0.39, 0.29) is 5.91 Å². The van der Waals surface area contributed by atoms with E-state index in [2.05, 4.69) is 25.6 Å². The number of fused-ring (bicyclic) bond motifs is 1. The second-order valence-corrected chi connectivity index (χ2v) is 7.47. The van der Waals surface area contributed by atoms with Crippen molar-refractivity contribution in [2.45, 2.75) is 13.0 Å². The van der Waals surface area contributed by atoms with Gasteiger partial charge in [0.2, 0.25) is 5.95 Å². The zero-order valence-corrected chi connectivity index (χ0v) is 18.1. The molecule has 1 aromatic carbocycles.